The van der Waals surface area contributed by atoms with Crippen LogP contribution in [0, 0.1) is 0 Å². The highest BCUT2D eigenvalue weighted by atomic mass is 32.1. The number of rotatable bonds is 6. The second-order valence-corrected chi connectivity index (χ2v) is 3.86. The number of nitrogens with zero attached hydrogens (tertiary/aromatic N) is 2. The molecule has 6 nitrogen and oxygen atoms in total. The van der Waals surface area contributed by atoms with Crippen molar-refractivity contribution in [2.45, 2.75) is 26.4 Å². The van der Waals surface area contributed by atoms with Gasteiger partial charge in [0, 0.05) is 18.5 Å². The SMILES string of the molecule is CCOC(=O)[C@H](CS)NC(=O)c1ccnn1CC. The maximum atomic E-state index is 11.9. The van der Waals surface area contributed by atoms with Gasteiger partial charge in [0.2, 0.25) is 0 Å². The molecular weight excluding hydrogens is 254 g/mol. The summed E-state index contributed by atoms with van der Waals surface area (Å²) in [5.74, 6) is -0.657. The summed E-state index contributed by atoms with van der Waals surface area (Å²) in [6, 6.07) is 0.848. The van der Waals surface area contributed by atoms with Gasteiger partial charge in [-0.05, 0) is 19.9 Å². The number of esters is 1. The lowest BCUT2D eigenvalue weighted by atomic mass is 10.3. The molecule has 0 saturated carbocycles. The number of thiol groups is 1. The van der Waals surface area contributed by atoms with E-state index in [9.17, 15) is 9.59 Å². The van der Waals surface area contributed by atoms with E-state index in [2.05, 4.69) is 23.0 Å². The molecule has 1 amide bonds. The van der Waals surface area contributed by atoms with Crippen LogP contribution in [0.4, 0.5) is 0 Å². The van der Waals surface area contributed by atoms with Crippen molar-refractivity contribution in [2.24, 2.45) is 0 Å². The molecule has 0 aliphatic carbocycles. The molecule has 0 fully saturated rings. The topological polar surface area (TPSA) is 73.2 Å². The fraction of sp³-hybridized carbons (Fsp3) is 0.545. The summed E-state index contributed by atoms with van der Waals surface area (Å²) < 4.78 is 6.40. The number of hydrogen-bond acceptors (Lipinski definition) is 5. The summed E-state index contributed by atoms with van der Waals surface area (Å²) in [6.07, 6.45) is 1.54. The Hall–Kier alpha value is -1.50. The molecule has 1 heterocycles. The molecular formula is C11H17N3O3S. The zero-order valence-electron chi connectivity index (χ0n) is 10.4. The molecule has 0 spiro atoms. The zero-order valence-corrected chi connectivity index (χ0v) is 11.3. The Balaban J connectivity index is 2.70. The average molecular weight is 271 g/mol. The maximum Gasteiger partial charge on any atom is 0.329 e. The fourth-order valence-electron chi connectivity index (χ4n) is 1.43. The van der Waals surface area contributed by atoms with Gasteiger partial charge in [0.1, 0.15) is 11.7 Å². The molecule has 1 aromatic rings. The van der Waals surface area contributed by atoms with Crippen LogP contribution >= 0.6 is 12.6 Å². The molecule has 1 atom stereocenters. The molecule has 0 aliphatic rings. The zero-order chi connectivity index (χ0) is 13.5. The number of hydrogen-bond donors (Lipinski definition) is 2. The van der Waals surface area contributed by atoms with Crippen molar-refractivity contribution in [3.05, 3.63) is 18.0 Å². The van der Waals surface area contributed by atoms with Crippen LogP contribution in [0.2, 0.25) is 0 Å². The van der Waals surface area contributed by atoms with E-state index >= 15 is 0 Å². The molecule has 0 saturated heterocycles. The fourth-order valence-corrected chi connectivity index (χ4v) is 1.67. The Morgan fingerprint density at radius 2 is 2.28 bits per heavy atom. The van der Waals surface area contributed by atoms with Crippen LogP contribution in [0.5, 0.6) is 0 Å². The minimum atomic E-state index is -0.749. The van der Waals surface area contributed by atoms with E-state index in [-0.39, 0.29) is 18.3 Å². The normalized spacial score (nSPS) is 11.9. The van der Waals surface area contributed by atoms with E-state index in [1.54, 1.807) is 23.9 Å². The van der Waals surface area contributed by atoms with Gasteiger partial charge >= 0.3 is 5.97 Å². The highest BCUT2D eigenvalue weighted by Crippen LogP contribution is 2.01. The minimum Gasteiger partial charge on any atom is -0.464 e. The number of ether oxygens (including phenoxy) is 1. The summed E-state index contributed by atoms with van der Waals surface area (Å²) in [7, 11) is 0. The lowest BCUT2D eigenvalue weighted by Crippen LogP contribution is -2.43. The number of nitrogens with one attached hydrogen (secondary N) is 1. The van der Waals surface area contributed by atoms with Crippen LogP contribution in [0.1, 0.15) is 24.3 Å². The van der Waals surface area contributed by atoms with Gasteiger partial charge in [0.05, 0.1) is 6.61 Å². The van der Waals surface area contributed by atoms with Crippen molar-refractivity contribution in [1.29, 1.82) is 0 Å². The quantitative estimate of drug-likeness (QED) is 0.583. The summed E-state index contributed by atoms with van der Waals surface area (Å²) >= 11 is 4.03. The number of amides is 1. The Morgan fingerprint density at radius 1 is 1.56 bits per heavy atom. The predicted molar refractivity (Wildman–Crippen MR) is 69.6 cm³/mol. The highest BCUT2D eigenvalue weighted by molar-refractivity contribution is 7.80. The first-order chi connectivity index (χ1) is 8.63. The van der Waals surface area contributed by atoms with E-state index in [0.717, 1.165) is 0 Å². The number of carbonyl (C=O) groups is 2. The van der Waals surface area contributed by atoms with Crippen LogP contribution in [0.3, 0.4) is 0 Å². The van der Waals surface area contributed by atoms with Crippen LogP contribution < -0.4 is 5.32 Å². The van der Waals surface area contributed by atoms with Gasteiger partial charge < -0.3 is 10.1 Å². The van der Waals surface area contributed by atoms with Crippen LogP contribution in [-0.2, 0) is 16.1 Å². The number of aryl methyl sites for hydroxylation is 1. The second kappa shape index (κ2) is 7.05. The Morgan fingerprint density at radius 3 is 2.83 bits per heavy atom. The van der Waals surface area contributed by atoms with Crippen LogP contribution in [0.25, 0.3) is 0 Å². The van der Waals surface area contributed by atoms with Gasteiger partial charge in [-0.3, -0.25) is 9.48 Å². The largest absolute Gasteiger partial charge is 0.464 e. The van der Waals surface area contributed by atoms with Crippen molar-refractivity contribution in [3.63, 3.8) is 0 Å². The molecule has 0 unspecified atom stereocenters. The number of aromatic nitrogens is 2. The molecule has 0 radical (unpaired) electrons. The van der Waals surface area contributed by atoms with E-state index in [1.807, 2.05) is 6.92 Å². The van der Waals surface area contributed by atoms with Gasteiger partial charge in [-0.1, -0.05) is 0 Å². The van der Waals surface area contributed by atoms with Gasteiger partial charge in [0.15, 0.2) is 0 Å². The van der Waals surface area contributed by atoms with Crippen molar-refractivity contribution in [1.82, 2.24) is 15.1 Å². The maximum absolute atomic E-state index is 11.9. The van der Waals surface area contributed by atoms with Crippen molar-refractivity contribution < 1.29 is 14.3 Å². The molecule has 0 aliphatic heterocycles. The van der Waals surface area contributed by atoms with Crippen molar-refractivity contribution in [2.75, 3.05) is 12.4 Å². The van der Waals surface area contributed by atoms with Gasteiger partial charge in [-0.2, -0.15) is 17.7 Å². The average Bonchev–Trinajstić information content (AvgIpc) is 2.84. The Bertz CT molecular complexity index is 419. The van der Waals surface area contributed by atoms with Crippen LogP contribution in [0.15, 0.2) is 12.3 Å². The molecule has 0 bridgehead atoms. The van der Waals surface area contributed by atoms with Gasteiger partial charge in [0.25, 0.3) is 5.91 Å². The second-order valence-electron chi connectivity index (χ2n) is 3.49. The van der Waals surface area contributed by atoms with Gasteiger partial charge in [-0.25, -0.2) is 4.79 Å². The monoisotopic (exact) mass is 271 g/mol. The minimum absolute atomic E-state index is 0.185. The predicted octanol–water partition coefficient (Wildman–Crippen LogP) is 0.494. The van der Waals surface area contributed by atoms with Gasteiger partial charge in [-0.15, -0.1) is 0 Å². The standard InChI is InChI=1S/C11H17N3O3S/c1-3-14-9(5-6-12-14)10(15)13-8(7-18)11(16)17-4-2/h5-6,8,18H,3-4,7H2,1-2H3,(H,13,15)/t8-/m0/s1. The highest BCUT2D eigenvalue weighted by Gasteiger charge is 2.22. The van der Waals surface area contributed by atoms with E-state index in [1.165, 1.54) is 0 Å². The third kappa shape index (κ3) is 3.49. The van der Waals surface area contributed by atoms with Crippen molar-refractivity contribution in [3.8, 4) is 0 Å². The Labute approximate surface area is 111 Å². The smallest absolute Gasteiger partial charge is 0.329 e. The summed E-state index contributed by atoms with van der Waals surface area (Å²) in [4.78, 5) is 23.5. The molecule has 0 aromatic carbocycles. The molecule has 1 aromatic heterocycles. The molecule has 100 valence electrons. The third-order valence-electron chi connectivity index (χ3n) is 2.31. The van der Waals surface area contributed by atoms with E-state index in [0.29, 0.717) is 12.2 Å². The molecule has 1 N–H and O–H groups in total. The summed E-state index contributed by atoms with van der Waals surface area (Å²) in [5, 5.41) is 6.57. The van der Waals surface area contributed by atoms with Crippen LogP contribution in [-0.4, -0.2) is 40.1 Å². The molecule has 1 rings (SSSR count). The first-order valence-corrected chi connectivity index (χ1v) is 6.37. The summed E-state index contributed by atoms with van der Waals surface area (Å²) in [5.41, 5.74) is 0.411. The van der Waals surface area contributed by atoms with E-state index in [4.69, 9.17) is 4.74 Å². The Kier molecular flexibility index (Phi) is 5.70. The summed E-state index contributed by atoms with van der Waals surface area (Å²) in [6.45, 7) is 4.44. The lowest BCUT2D eigenvalue weighted by molar-refractivity contribution is -0.144. The molecule has 7 heteroatoms. The molecule has 18 heavy (non-hydrogen) atoms. The number of carbonyl (C=O) groups excluding carboxylic acids is 2. The van der Waals surface area contributed by atoms with E-state index < -0.39 is 12.0 Å². The first-order valence-electron chi connectivity index (χ1n) is 5.74. The lowest BCUT2D eigenvalue weighted by Gasteiger charge is -2.15. The third-order valence-corrected chi connectivity index (χ3v) is 2.67. The first kappa shape index (κ1) is 14.6. The van der Waals surface area contributed by atoms with Crippen molar-refractivity contribution >= 4 is 24.5 Å².